The SMILES string of the molecule is CCSc1cccc(N2CCCCCC2CO)c1C(=N)N. The van der Waals surface area contributed by atoms with Crippen molar-refractivity contribution in [1.82, 2.24) is 0 Å². The molecule has 0 bridgehead atoms. The van der Waals surface area contributed by atoms with E-state index in [1.807, 2.05) is 18.2 Å². The molecule has 0 saturated carbocycles. The lowest BCUT2D eigenvalue weighted by Gasteiger charge is -2.33. The molecular weight excluding hydrogens is 282 g/mol. The van der Waals surface area contributed by atoms with Crippen LogP contribution in [-0.4, -0.2) is 35.9 Å². The number of hydrogen-bond acceptors (Lipinski definition) is 4. The van der Waals surface area contributed by atoms with Crippen molar-refractivity contribution in [3.63, 3.8) is 0 Å². The molecule has 5 heteroatoms. The zero-order chi connectivity index (χ0) is 15.2. The van der Waals surface area contributed by atoms with Crippen LogP contribution in [0, 0.1) is 5.41 Å². The van der Waals surface area contributed by atoms with Gasteiger partial charge < -0.3 is 15.7 Å². The van der Waals surface area contributed by atoms with E-state index in [0.717, 1.165) is 47.7 Å². The number of hydrogen-bond donors (Lipinski definition) is 3. The molecule has 1 aliphatic rings. The van der Waals surface area contributed by atoms with Crippen molar-refractivity contribution in [2.45, 2.75) is 43.5 Å². The molecule has 0 amide bonds. The van der Waals surface area contributed by atoms with Crippen molar-refractivity contribution in [3.05, 3.63) is 23.8 Å². The van der Waals surface area contributed by atoms with Crippen LogP contribution < -0.4 is 10.6 Å². The quantitative estimate of drug-likeness (QED) is 0.444. The maximum atomic E-state index is 9.72. The van der Waals surface area contributed by atoms with Gasteiger partial charge in [-0.05, 0) is 30.7 Å². The topological polar surface area (TPSA) is 73.3 Å². The third kappa shape index (κ3) is 3.71. The van der Waals surface area contributed by atoms with E-state index in [4.69, 9.17) is 11.1 Å². The molecule has 0 spiro atoms. The Labute approximate surface area is 131 Å². The Morgan fingerprint density at radius 2 is 2.24 bits per heavy atom. The van der Waals surface area contributed by atoms with E-state index in [2.05, 4.69) is 11.8 Å². The Kier molecular flexibility index (Phi) is 5.94. The monoisotopic (exact) mass is 307 g/mol. The first-order valence-corrected chi connectivity index (χ1v) is 8.65. The summed E-state index contributed by atoms with van der Waals surface area (Å²) < 4.78 is 0. The number of benzene rings is 1. The standard InChI is InChI=1S/C16H25N3OS/c1-2-21-14-9-6-8-13(15(14)16(17)18)19-10-5-3-4-7-12(19)11-20/h6,8-9,12,20H,2-5,7,10-11H2,1H3,(H3,17,18). The van der Waals surface area contributed by atoms with Gasteiger partial charge in [0.25, 0.3) is 0 Å². The number of anilines is 1. The van der Waals surface area contributed by atoms with E-state index in [1.165, 1.54) is 6.42 Å². The van der Waals surface area contributed by atoms with Gasteiger partial charge in [-0.2, -0.15) is 0 Å². The fraction of sp³-hybridized carbons (Fsp3) is 0.562. The minimum absolute atomic E-state index is 0.113. The van der Waals surface area contributed by atoms with Crippen LogP contribution >= 0.6 is 11.8 Å². The lowest BCUT2D eigenvalue weighted by atomic mass is 10.1. The van der Waals surface area contributed by atoms with E-state index in [-0.39, 0.29) is 18.5 Å². The van der Waals surface area contributed by atoms with Crippen LogP contribution in [0.5, 0.6) is 0 Å². The van der Waals surface area contributed by atoms with Gasteiger partial charge in [0, 0.05) is 17.1 Å². The number of thioether (sulfide) groups is 1. The van der Waals surface area contributed by atoms with E-state index in [9.17, 15) is 5.11 Å². The predicted molar refractivity (Wildman–Crippen MR) is 90.5 cm³/mol. The molecule has 0 aromatic heterocycles. The Hall–Kier alpha value is -1.20. The molecule has 4 nitrogen and oxygen atoms in total. The second-order valence-electron chi connectivity index (χ2n) is 5.38. The van der Waals surface area contributed by atoms with Gasteiger partial charge in [0.05, 0.1) is 18.2 Å². The molecule has 0 aliphatic carbocycles. The first kappa shape index (κ1) is 16.2. The van der Waals surface area contributed by atoms with Crippen LogP contribution in [-0.2, 0) is 0 Å². The summed E-state index contributed by atoms with van der Waals surface area (Å²) in [5, 5.41) is 17.7. The molecule has 2 rings (SSSR count). The molecule has 1 unspecified atom stereocenters. The average Bonchev–Trinajstić information content (AvgIpc) is 2.72. The van der Waals surface area contributed by atoms with Crippen molar-refractivity contribution >= 4 is 23.3 Å². The van der Waals surface area contributed by atoms with Crippen molar-refractivity contribution in [3.8, 4) is 0 Å². The molecule has 116 valence electrons. The predicted octanol–water partition coefficient (Wildman–Crippen LogP) is 2.82. The molecule has 0 radical (unpaired) electrons. The highest BCUT2D eigenvalue weighted by Gasteiger charge is 2.24. The van der Waals surface area contributed by atoms with E-state index < -0.39 is 0 Å². The molecule has 4 N–H and O–H groups in total. The molecule has 1 saturated heterocycles. The van der Waals surface area contributed by atoms with Crippen LogP contribution in [0.2, 0.25) is 0 Å². The number of aliphatic hydroxyl groups is 1. The lowest BCUT2D eigenvalue weighted by molar-refractivity contribution is 0.255. The third-order valence-corrected chi connectivity index (χ3v) is 4.91. The molecule has 1 atom stereocenters. The summed E-state index contributed by atoms with van der Waals surface area (Å²) in [4.78, 5) is 3.31. The van der Waals surface area contributed by atoms with Crippen molar-refractivity contribution in [2.75, 3.05) is 23.8 Å². The highest BCUT2D eigenvalue weighted by atomic mass is 32.2. The van der Waals surface area contributed by atoms with Gasteiger partial charge in [-0.15, -0.1) is 11.8 Å². The fourth-order valence-electron chi connectivity index (χ4n) is 2.99. The molecule has 1 fully saturated rings. The second kappa shape index (κ2) is 7.71. The summed E-state index contributed by atoms with van der Waals surface area (Å²) in [6.07, 6.45) is 4.48. The number of aliphatic hydroxyl groups excluding tert-OH is 1. The first-order chi connectivity index (χ1) is 10.2. The Morgan fingerprint density at radius 3 is 2.90 bits per heavy atom. The minimum atomic E-state index is 0.113. The van der Waals surface area contributed by atoms with Crippen molar-refractivity contribution < 1.29 is 5.11 Å². The highest BCUT2D eigenvalue weighted by molar-refractivity contribution is 7.99. The maximum Gasteiger partial charge on any atom is 0.126 e. The average molecular weight is 307 g/mol. The van der Waals surface area contributed by atoms with Gasteiger partial charge in [0.1, 0.15) is 5.84 Å². The zero-order valence-corrected chi connectivity index (χ0v) is 13.5. The number of nitrogens with two attached hydrogens (primary N) is 1. The molecule has 21 heavy (non-hydrogen) atoms. The van der Waals surface area contributed by atoms with Gasteiger partial charge in [0.15, 0.2) is 0 Å². The van der Waals surface area contributed by atoms with Gasteiger partial charge in [0.2, 0.25) is 0 Å². The van der Waals surface area contributed by atoms with Gasteiger partial charge in [-0.1, -0.05) is 25.8 Å². The Bertz CT molecular complexity index is 492. The summed E-state index contributed by atoms with van der Waals surface area (Å²) >= 11 is 1.71. The normalized spacial score (nSPS) is 19.3. The lowest BCUT2D eigenvalue weighted by Crippen LogP contribution is -2.39. The smallest absolute Gasteiger partial charge is 0.126 e. The van der Waals surface area contributed by atoms with Crippen LogP contribution in [0.4, 0.5) is 5.69 Å². The summed E-state index contributed by atoms with van der Waals surface area (Å²) in [7, 11) is 0. The van der Waals surface area contributed by atoms with Gasteiger partial charge >= 0.3 is 0 Å². The number of nitrogens with one attached hydrogen (secondary N) is 1. The highest BCUT2D eigenvalue weighted by Crippen LogP contribution is 2.33. The minimum Gasteiger partial charge on any atom is -0.394 e. The van der Waals surface area contributed by atoms with Crippen LogP contribution in [0.15, 0.2) is 23.1 Å². The Morgan fingerprint density at radius 1 is 1.43 bits per heavy atom. The molecular formula is C16H25N3OS. The maximum absolute atomic E-state index is 9.72. The van der Waals surface area contributed by atoms with Crippen LogP contribution in [0.25, 0.3) is 0 Å². The summed E-state index contributed by atoms with van der Waals surface area (Å²) in [6, 6.07) is 6.22. The van der Waals surface area contributed by atoms with Crippen molar-refractivity contribution in [2.24, 2.45) is 5.73 Å². The Balaban J connectivity index is 2.45. The largest absolute Gasteiger partial charge is 0.394 e. The molecule has 1 heterocycles. The van der Waals surface area contributed by atoms with Gasteiger partial charge in [-0.25, -0.2) is 0 Å². The number of nitrogens with zero attached hydrogens (tertiary/aromatic N) is 1. The fourth-order valence-corrected chi connectivity index (χ4v) is 3.83. The summed E-state index contributed by atoms with van der Waals surface area (Å²) in [5.41, 5.74) is 7.68. The third-order valence-electron chi connectivity index (χ3n) is 3.97. The summed E-state index contributed by atoms with van der Waals surface area (Å²) in [5.74, 6) is 1.06. The summed E-state index contributed by atoms with van der Waals surface area (Å²) in [6.45, 7) is 3.18. The molecule has 1 aromatic rings. The van der Waals surface area contributed by atoms with Gasteiger partial charge in [-0.3, -0.25) is 5.41 Å². The van der Waals surface area contributed by atoms with E-state index in [0.29, 0.717) is 0 Å². The number of nitrogen functional groups attached to an aromatic ring is 1. The van der Waals surface area contributed by atoms with E-state index >= 15 is 0 Å². The molecule has 1 aliphatic heterocycles. The van der Waals surface area contributed by atoms with Crippen molar-refractivity contribution in [1.29, 1.82) is 5.41 Å². The van der Waals surface area contributed by atoms with E-state index in [1.54, 1.807) is 11.8 Å². The van der Waals surface area contributed by atoms with Crippen LogP contribution in [0.3, 0.4) is 0 Å². The van der Waals surface area contributed by atoms with Crippen LogP contribution in [0.1, 0.15) is 38.2 Å². The zero-order valence-electron chi connectivity index (χ0n) is 12.6. The second-order valence-corrected chi connectivity index (χ2v) is 6.68. The molecule has 1 aromatic carbocycles. The first-order valence-electron chi connectivity index (χ1n) is 7.66. The number of amidine groups is 1. The number of rotatable bonds is 5.